The van der Waals surface area contributed by atoms with E-state index in [1.165, 1.54) is 0 Å². The molecule has 0 aromatic heterocycles. The van der Waals surface area contributed by atoms with Crippen molar-refractivity contribution >= 4 is 29.2 Å². The molecule has 0 aliphatic carbocycles. The Hall–Kier alpha value is -0.740. The number of benzene rings is 1. The Kier molecular flexibility index (Phi) is 2.83. The van der Waals surface area contributed by atoms with Crippen LogP contribution in [0.2, 0.25) is 10.0 Å². The topological polar surface area (TPSA) is 17.1 Å². The summed E-state index contributed by atoms with van der Waals surface area (Å²) in [7, 11) is 0. The van der Waals surface area contributed by atoms with Gasteiger partial charge in [-0.2, -0.15) is 4.39 Å². The SMILES string of the molecule is O=C(F)c1cc(Cl)c(F)c(Cl)c1F. The standard InChI is InChI=1S/C7HCl2F3O/c8-3-1-2(7(12)13)5(10)4(9)6(3)11/h1H. The first-order chi connectivity index (χ1) is 5.95. The van der Waals surface area contributed by atoms with E-state index in [4.69, 9.17) is 23.2 Å². The Balaban J connectivity index is 3.50. The zero-order valence-corrected chi connectivity index (χ0v) is 7.39. The highest BCUT2D eigenvalue weighted by Gasteiger charge is 2.20. The molecule has 70 valence electrons. The summed E-state index contributed by atoms with van der Waals surface area (Å²) in [6, 6.07) is -1.51. The van der Waals surface area contributed by atoms with Crippen LogP contribution in [0.25, 0.3) is 0 Å². The number of halogens is 5. The first-order valence-corrected chi connectivity index (χ1v) is 3.73. The fourth-order valence-corrected chi connectivity index (χ4v) is 1.17. The van der Waals surface area contributed by atoms with Gasteiger partial charge in [-0.1, -0.05) is 23.2 Å². The van der Waals surface area contributed by atoms with Gasteiger partial charge in [0, 0.05) is 0 Å². The van der Waals surface area contributed by atoms with Crippen LogP contribution in [-0.4, -0.2) is 6.04 Å². The maximum Gasteiger partial charge on any atom is 0.335 e. The molecule has 0 N–H and O–H groups in total. The molecule has 1 aromatic rings. The van der Waals surface area contributed by atoms with E-state index in [2.05, 4.69) is 0 Å². The number of hydrogen-bond donors (Lipinski definition) is 0. The normalized spacial score (nSPS) is 10.2. The van der Waals surface area contributed by atoms with Crippen molar-refractivity contribution in [2.45, 2.75) is 0 Å². The molecular weight excluding hydrogens is 228 g/mol. The van der Waals surface area contributed by atoms with Crippen molar-refractivity contribution in [1.82, 2.24) is 0 Å². The van der Waals surface area contributed by atoms with E-state index in [1.54, 1.807) is 0 Å². The Morgan fingerprint density at radius 2 is 1.77 bits per heavy atom. The molecule has 0 aliphatic rings. The maximum atomic E-state index is 12.8. The summed E-state index contributed by atoms with van der Waals surface area (Å²) in [6.07, 6.45) is 0. The van der Waals surface area contributed by atoms with Gasteiger partial charge in [-0.3, -0.25) is 4.79 Å². The molecule has 0 spiro atoms. The molecule has 0 bridgehead atoms. The molecule has 0 saturated heterocycles. The third-order valence-electron chi connectivity index (χ3n) is 1.31. The minimum absolute atomic E-state index is 0.542. The number of carbonyl (C=O) groups excluding carboxylic acids is 1. The van der Waals surface area contributed by atoms with Gasteiger partial charge in [0.25, 0.3) is 0 Å². The minimum atomic E-state index is -2.05. The number of carbonyl (C=O) groups is 1. The molecule has 0 unspecified atom stereocenters. The summed E-state index contributed by atoms with van der Waals surface area (Å²) in [5.74, 6) is -2.66. The molecule has 13 heavy (non-hydrogen) atoms. The Bertz CT molecular complexity index is 378. The van der Waals surface area contributed by atoms with Crippen LogP contribution >= 0.6 is 23.2 Å². The van der Waals surface area contributed by atoms with Crippen LogP contribution in [0.5, 0.6) is 0 Å². The summed E-state index contributed by atoms with van der Waals surface area (Å²) in [5.41, 5.74) is -0.976. The molecular formula is C7HCl2F3O. The van der Waals surface area contributed by atoms with Crippen LogP contribution in [0, 0.1) is 11.6 Å². The molecule has 0 amide bonds. The van der Waals surface area contributed by atoms with Crippen LogP contribution in [0.15, 0.2) is 6.07 Å². The average Bonchev–Trinajstić information content (AvgIpc) is 2.07. The molecule has 1 aromatic carbocycles. The summed E-state index contributed by atoms with van der Waals surface area (Å²) < 4.78 is 37.6. The fraction of sp³-hybridized carbons (Fsp3) is 0. The van der Waals surface area contributed by atoms with Crippen LogP contribution < -0.4 is 0 Å². The average molecular weight is 229 g/mol. The predicted octanol–water partition coefficient (Wildman–Crippen LogP) is 3.38. The molecule has 0 aliphatic heterocycles. The lowest BCUT2D eigenvalue weighted by atomic mass is 10.2. The van der Waals surface area contributed by atoms with Crippen LogP contribution in [0.4, 0.5) is 13.2 Å². The third kappa shape index (κ3) is 1.78. The van der Waals surface area contributed by atoms with E-state index >= 15 is 0 Å². The van der Waals surface area contributed by atoms with Gasteiger partial charge in [-0.15, -0.1) is 0 Å². The monoisotopic (exact) mass is 228 g/mol. The molecule has 1 nitrogen and oxygen atoms in total. The van der Waals surface area contributed by atoms with Crippen molar-refractivity contribution in [3.05, 3.63) is 33.3 Å². The van der Waals surface area contributed by atoms with E-state index in [0.717, 1.165) is 0 Å². The lowest BCUT2D eigenvalue weighted by Crippen LogP contribution is -1.98. The second-order valence-electron chi connectivity index (χ2n) is 2.12. The molecule has 0 radical (unpaired) electrons. The Morgan fingerprint density at radius 1 is 1.23 bits per heavy atom. The van der Waals surface area contributed by atoms with E-state index in [0.29, 0.717) is 6.07 Å². The second kappa shape index (κ2) is 3.55. The quantitative estimate of drug-likeness (QED) is 0.409. The zero-order chi connectivity index (χ0) is 10.2. The minimum Gasteiger partial charge on any atom is -0.255 e. The van der Waals surface area contributed by atoms with Crippen molar-refractivity contribution in [3.63, 3.8) is 0 Å². The van der Waals surface area contributed by atoms with E-state index in [9.17, 15) is 18.0 Å². The highest BCUT2D eigenvalue weighted by Crippen LogP contribution is 2.28. The van der Waals surface area contributed by atoms with Gasteiger partial charge in [0.2, 0.25) is 0 Å². The molecule has 0 heterocycles. The van der Waals surface area contributed by atoms with Crippen LogP contribution in [0.1, 0.15) is 10.4 Å². The summed E-state index contributed by atoms with van der Waals surface area (Å²) in [5, 5.41) is -1.60. The van der Waals surface area contributed by atoms with Crippen LogP contribution in [-0.2, 0) is 0 Å². The first kappa shape index (κ1) is 10.3. The largest absolute Gasteiger partial charge is 0.335 e. The van der Waals surface area contributed by atoms with Crippen molar-refractivity contribution in [2.75, 3.05) is 0 Å². The summed E-state index contributed by atoms with van der Waals surface area (Å²) >= 11 is 10.3. The van der Waals surface area contributed by atoms with Gasteiger partial charge in [0.15, 0.2) is 11.6 Å². The van der Waals surface area contributed by atoms with Crippen molar-refractivity contribution in [3.8, 4) is 0 Å². The zero-order valence-electron chi connectivity index (χ0n) is 5.88. The van der Waals surface area contributed by atoms with Gasteiger partial charge in [0.1, 0.15) is 5.02 Å². The van der Waals surface area contributed by atoms with Crippen molar-refractivity contribution in [2.24, 2.45) is 0 Å². The number of rotatable bonds is 1. The first-order valence-electron chi connectivity index (χ1n) is 2.98. The van der Waals surface area contributed by atoms with E-state index < -0.39 is 33.3 Å². The summed E-state index contributed by atoms with van der Waals surface area (Å²) in [4.78, 5) is 10.1. The third-order valence-corrected chi connectivity index (χ3v) is 1.92. The predicted molar refractivity (Wildman–Crippen MR) is 41.8 cm³/mol. The van der Waals surface area contributed by atoms with Gasteiger partial charge < -0.3 is 0 Å². The van der Waals surface area contributed by atoms with Crippen molar-refractivity contribution < 1.29 is 18.0 Å². The van der Waals surface area contributed by atoms with E-state index in [1.807, 2.05) is 0 Å². The number of hydrogen-bond acceptors (Lipinski definition) is 1. The van der Waals surface area contributed by atoms with Crippen LogP contribution in [0.3, 0.4) is 0 Å². The lowest BCUT2D eigenvalue weighted by molar-refractivity contribution is 0.0831. The van der Waals surface area contributed by atoms with Gasteiger partial charge in [-0.05, 0) is 6.07 Å². The van der Waals surface area contributed by atoms with Gasteiger partial charge in [0.05, 0.1) is 10.6 Å². The molecule has 0 saturated carbocycles. The highest BCUT2D eigenvalue weighted by molar-refractivity contribution is 6.35. The Morgan fingerprint density at radius 3 is 2.23 bits per heavy atom. The second-order valence-corrected chi connectivity index (χ2v) is 2.91. The van der Waals surface area contributed by atoms with Gasteiger partial charge >= 0.3 is 6.04 Å². The Labute approximate surface area is 81.1 Å². The highest BCUT2D eigenvalue weighted by atomic mass is 35.5. The smallest absolute Gasteiger partial charge is 0.255 e. The van der Waals surface area contributed by atoms with Gasteiger partial charge in [-0.25, -0.2) is 8.78 Å². The fourth-order valence-electron chi connectivity index (χ4n) is 0.716. The molecule has 1 rings (SSSR count). The lowest BCUT2D eigenvalue weighted by Gasteiger charge is -2.01. The van der Waals surface area contributed by atoms with E-state index in [-0.39, 0.29) is 0 Å². The maximum absolute atomic E-state index is 12.8. The molecule has 6 heteroatoms. The molecule has 0 fully saturated rings. The molecule has 0 atom stereocenters. The van der Waals surface area contributed by atoms with Crippen molar-refractivity contribution in [1.29, 1.82) is 0 Å². The summed E-state index contributed by atoms with van der Waals surface area (Å²) in [6.45, 7) is 0.